The maximum Gasteiger partial charge on any atom is 0.226 e. The van der Waals surface area contributed by atoms with Gasteiger partial charge in [0.15, 0.2) is 0 Å². The van der Waals surface area contributed by atoms with E-state index in [-0.39, 0.29) is 0 Å². The molecule has 1 aromatic rings. The van der Waals surface area contributed by atoms with Gasteiger partial charge in [0.1, 0.15) is 0 Å². The minimum absolute atomic E-state index is 0.628. The molecule has 0 spiro atoms. The summed E-state index contributed by atoms with van der Waals surface area (Å²) in [4.78, 5) is 8.72. The summed E-state index contributed by atoms with van der Waals surface area (Å²) in [5, 5.41) is 3.29. The summed E-state index contributed by atoms with van der Waals surface area (Å²) in [7, 11) is 0. The van der Waals surface area contributed by atoms with Crippen molar-refractivity contribution in [2.45, 2.75) is 46.0 Å². The van der Waals surface area contributed by atoms with Gasteiger partial charge in [0.05, 0.1) is 6.61 Å². The first-order chi connectivity index (χ1) is 9.28. The number of nitrogens with zero attached hydrogens (tertiary/aromatic N) is 2. The van der Waals surface area contributed by atoms with Gasteiger partial charge >= 0.3 is 0 Å². The summed E-state index contributed by atoms with van der Waals surface area (Å²) in [5.41, 5.74) is 2.49. The summed E-state index contributed by atoms with van der Waals surface area (Å²) in [6.45, 7) is 5.43. The molecule has 1 heterocycles. The predicted octanol–water partition coefficient (Wildman–Crippen LogP) is 3.49. The molecule has 1 aliphatic rings. The van der Waals surface area contributed by atoms with E-state index in [1.807, 2.05) is 19.9 Å². The van der Waals surface area contributed by atoms with E-state index in [4.69, 9.17) is 4.74 Å². The average molecular weight is 261 g/mol. The van der Waals surface area contributed by atoms with Gasteiger partial charge in [0.2, 0.25) is 11.8 Å². The van der Waals surface area contributed by atoms with Crippen LogP contribution in [-0.4, -0.2) is 23.1 Å². The van der Waals surface area contributed by atoms with Gasteiger partial charge in [-0.2, -0.15) is 4.98 Å². The van der Waals surface area contributed by atoms with Crippen molar-refractivity contribution >= 4 is 5.95 Å². The molecule has 19 heavy (non-hydrogen) atoms. The summed E-state index contributed by atoms with van der Waals surface area (Å²) < 4.78 is 5.42. The first-order valence-electron chi connectivity index (χ1n) is 7.18. The molecule has 1 N–H and O–H groups in total. The molecule has 0 amide bonds. The molecule has 0 unspecified atom stereocenters. The minimum Gasteiger partial charge on any atom is -0.478 e. The Morgan fingerprint density at radius 2 is 2.21 bits per heavy atom. The molecule has 0 atom stereocenters. The van der Waals surface area contributed by atoms with E-state index >= 15 is 0 Å². The van der Waals surface area contributed by atoms with E-state index in [0.717, 1.165) is 18.7 Å². The topological polar surface area (TPSA) is 47.0 Å². The number of aromatic nitrogens is 2. The van der Waals surface area contributed by atoms with Crippen LogP contribution in [0.3, 0.4) is 0 Å². The van der Waals surface area contributed by atoms with Crippen LogP contribution in [0.25, 0.3) is 0 Å². The van der Waals surface area contributed by atoms with Crippen molar-refractivity contribution in [1.82, 2.24) is 9.97 Å². The normalized spacial score (nSPS) is 14.9. The summed E-state index contributed by atoms with van der Waals surface area (Å²) >= 11 is 0. The lowest BCUT2D eigenvalue weighted by atomic mass is 9.97. The van der Waals surface area contributed by atoms with Crippen LogP contribution >= 0.6 is 0 Å². The molecule has 0 saturated heterocycles. The highest BCUT2D eigenvalue weighted by atomic mass is 16.5. The van der Waals surface area contributed by atoms with Crippen molar-refractivity contribution in [2.24, 2.45) is 0 Å². The Morgan fingerprint density at radius 1 is 1.32 bits per heavy atom. The molecule has 4 heteroatoms. The van der Waals surface area contributed by atoms with Crippen molar-refractivity contribution in [3.05, 3.63) is 23.4 Å². The predicted molar refractivity (Wildman–Crippen MR) is 77.6 cm³/mol. The van der Waals surface area contributed by atoms with Gasteiger partial charge in [-0.3, -0.25) is 0 Å². The Hall–Kier alpha value is -1.58. The zero-order valence-corrected chi connectivity index (χ0v) is 11.9. The lowest BCUT2D eigenvalue weighted by molar-refractivity contribution is 0.326. The second-order valence-electron chi connectivity index (χ2n) is 4.89. The molecular weight excluding hydrogens is 238 g/mol. The summed E-state index contributed by atoms with van der Waals surface area (Å²) in [6.07, 6.45) is 8.64. The van der Waals surface area contributed by atoms with Crippen molar-refractivity contribution in [2.75, 3.05) is 18.5 Å². The van der Waals surface area contributed by atoms with Gasteiger partial charge < -0.3 is 10.1 Å². The Bertz CT molecular complexity index is 443. The number of ether oxygens (including phenoxy) is 1. The lowest BCUT2D eigenvalue weighted by Gasteiger charge is -2.13. The van der Waals surface area contributed by atoms with Crippen LogP contribution in [0.1, 0.15) is 44.7 Å². The van der Waals surface area contributed by atoms with Crippen molar-refractivity contribution < 1.29 is 4.74 Å². The number of allylic oxidation sites excluding steroid dienone is 1. The quantitative estimate of drug-likeness (QED) is 0.796. The molecule has 4 nitrogen and oxygen atoms in total. The Balaban J connectivity index is 1.86. The van der Waals surface area contributed by atoms with Crippen LogP contribution in [0.4, 0.5) is 5.95 Å². The van der Waals surface area contributed by atoms with E-state index in [1.54, 1.807) is 5.57 Å². The third kappa shape index (κ3) is 4.54. The minimum atomic E-state index is 0.628. The van der Waals surface area contributed by atoms with Crippen LogP contribution in [0.2, 0.25) is 0 Å². The number of nitrogens with one attached hydrogen (secondary N) is 1. The second-order valence-corrected chi connectivity index (χ2v) is 4.89. The SMILES string of the molecule is CCOc1cc(C)nc(NCCC2=CCCCC2)n1. The molecule has 0 fully saturated rings. The number of hydrogen-bond donors (Lipinski definition) is 1. The van der Waals surface area contributed by atoms with E-state index in [9.17, 15) is 0 Å². The molecule has 0 saturated carbocycles. The van der Waals surface area contributed by atoms with Crippen LogP contribution in [-0.2, 0) is 0 Å². The highest BCUT2D eigenvalue weighted by Gasteiger charge is 2.05. The first kappa shape index (κ1) is 13.8. The summed E-state index contributed by atoms with van der Waals surface area (Å²) in [6, 6.07) is 1.86. The fourth-order valence-corrected chi connectivity index (χ4v) is 2.31. The van der Waals surface area contributed by atoms with Crippen molar-refractivity contribution in [3.8, 4) is 5.88 Å². The molecular formula is C15H23N3O. The van der Waals surface area contributed by atoms with E-state index < -0.39 is 0 Å². The van der Waals surface area contributed by atoms with Gasteiger partial charge in [0, 0.05) is 18.3 Å². The van der Waals surface area contributed by atoms with Crippen LogP contribution < -0.4 is 10.1 Å². The third-order valence-electron chi connectivity index (χ3n) is 3.24. The molecule has 104 valence electrons. The maximum absolute atomic E-state index is 5.42. The van der Waals surface area contributed by atoms with Gasteiger partial charge in [-0.05, 0) is 46.0 Å². The van der Waals surface area contributed by atoms with Gasteiger partial charge in [-0.25, -0.2) is 4.98 Å². The van der Waals surface area contributed by atoms with E-state index in [1.165, 1.54) is 25.7 Å². The van der Waals surface area contributed by atoms with Crippen LogP contribution in [0.15, 0.2) is 17.7 Å². The lowest BCUT2D eigenvalue weighted by Crippen LogP contribution is -2.09. The molecule has 1 aromatic heterocycles. The molecule has 2 rings (SSSR count). The highest BCUT2D eigenvalue weighted by Crippen LogP contribution is 2.20. The fourth-order valence-electron chi connectivity index (χ4n) is 2.31. The molecule has 0 aliphatic heterocycles. The van der Waals surface area contributed by atoms with Crippen LogP contribution in [0, 0.1) is 6.92 Å². The monoisotopic (exact) mass is 261 g/mol. The number of rotatable bonds is 6. The van der Waals surface area contributed by atoms with Crippen LogP contribution in [0.5, 0.6) is 5.88 Å². The Morgan fingerprint density at radius 3 is 2.95 bits per heavy atom. The standard InChI is InChI=1S/C15H23N3O/c1-3-19-14-11-12(2)17-15(18-14)16-10-9-13-7-5-4-6-8-13/h7,11H,3-6,8-10H2,1-2H3,(H,16,17,18). The summed E-state index contributed by atoms with van der Waals surface area (Å²) in [5.74, 6) is 1.31. The van der Waals surface area contributed by atoms with E-state index in [0.29, 0.717) is 18.4 Å². The third-order valence-corrected chi connectivity index (χ3v) is 3.24. The smallest absolute Gasteiger partial charge is 0.226 e. The first-order valence-corrected chi connectivity index (χ1v) is 7.18. The van der Waals surface area contributed by atoms with Crippen molar-refractivity contribution in [3.63, 3.8) is 0 Å². The molecule has 0 aromatic carbocycles. The fraction of sp³-hybridized carbons (Fsp3) is 0.600. The number of anilines is 1. The largest absolute Gasteiger partial charge is 0.478 e. The second kappa shape index (κ2) is 7.12. The number of hydrogen-bond acceptors (Lipinski definition) is 4. The van der Waals surface area contributed by atoms with Gasteiger partial charge in [0.25, 0.3) is 0 Å². The average Bonchev–Trinajstić information content (AvgIpc) is 2.40. The Labute approximate surface area is 115 Å². The van der Waals surface area contributed by atoms with Crippen molar-refractivity contribution in [1.29, 1.82) is 0 Å². The molecule has 0 radical (unpaired) electrons. The van der Waals surface area contributed by atoms with Gasteiger partial charge in [-0.15, -0.1) is 0 Å². The molecule has 0 bridgehead atoms. The Kier molecular flexibility index (Phi) is 5.19. The van der Waals surface area contributed by atoms with Gasteiger partial charge in [-0.1, -0.05) is 11.6 Å². The molecule has 1 aliphatic carbocycles. The highest BCUT2D eigenvalue weighted by molar-refractivity contribution is 5.30. The zero-order valence-electron chi connectivity index (χ0n) is 11.9. The number of aryl methyl sites for hydroxylation is 1. The van der Waals surface area contributed by atoms with E-state index in [2.05, 4.69) is 21.4 Å². The maximum atomic E-state index is 5.42. The zero-order chi connectivity index (χ0) is 13.5.